The maximum atomic E-state index is 13.6. The van der Waals surface area contributed by atoms with Crippen LogP contribution in [0.3, 0.4) is 0 Å². The highest BCUT2D eigenvalue weighted by atomic mass is 16.2. The van der Waals surface area contributed by atoms with Crippen LogP contribution in [0, 0.1) is 17.8 Å². The lowest BCUT2D eigenvalue weighted by Crippen LogP contribution is -2.62. The molecule has 0 atom stereocenters. The van der Waals surface area contributed by atoms with Gasteiger partial charge in [0.2, 0.25) is 5.91 Å². The molecule has 0 aliphatic heterocycles. The molecule has 35 heavy (non-hydrogen) atoms. The van der Waals surface area contributed by atoms with E-state index in [1.165, 1.54) is 19.3 Å². The summed E-state index contributed by atoms with van der Waals surface area (Å²) in [6, 6.07) is 14.1. The molecule has 4 bridgehead atoms. The molecule has 0 spiro atoms. The Morgan fingerprint density at radius 1 is 0.943 bits per heavy atom. The topological polar surface area (TPSA) is 57.6 Å². The summed E-state index contributed by atoms with van der Waals surface area (Å²) in [5.74, 6) is 2.31. The number of amides is 3. The van der Waals surface area contributed by atoms with Crippen LogP contribution in [0.1, 0.15) is 63.1 Å². The molecule has 6 nitrogen and oxygen atoms in total. The molecule has 0 radical (unpaired) electrons. The third-order valence-corrected chi connectivity index (χ3v) is 8.49. The molecule has 1 aromatic carbocycles. The highest BCUT2D eigenvalue weighted by Gasteiger charge is 2.51. The minimum Gasteiger partial charge on any atom is -0.353 e. The van der Waals surface area contributed by atoms with Gasteiger partial charge in [0.15, 0.2) is 0 Å². The number of urea groups is 1. The Kier molecular flexibility index (Phi) is 6.90. The molecule has 4 aliphatic carbocycles. The van der Waals surface area contributed by atoms with Gasteiger partial charge in [-0.2, -0.15) is 0 Å². The number of aryl methyl sites for hydroxylation is 1. The smallest absolute Gasteiger partial charge is 0.318 e. The molecule has 1 N–H and O–H groups in total. The first-order valence-corrected chi connectivity index (χ1v) is 13.4. The van der Waals surface area contributed by atoms with Crippen LogP contribution < -0.4 is 5.32 Å². The van der Waals surface area contributed by atoms with Gasteiger partial charge in [-0.05, 0) is 80.4 Å². The minimum atomic E-state index is -0.0549. The largest absolute Gasteiger partial charge is 0.353 e. The van der Waals surface area contributed by atoms with Gasteiger partial charge in [0.05, 0.1) is 6.54 Å². The molecule has 0 unspecified atom stereocenters. The van der Waals surface area contributed by atoms with Crippen LogP contribution in [0.5, 0.6) is 0 Å². The Labute approximate surface area is 209 Å². The molecule has 4 aliphatic rings. The van der Waals surface area contributed by atoms with Gasteiger partial charge in [0, 0.05) is 37.6 Å². The summed E-state index contributed by atoms with van der Waals surface area (Å²) in [4.78, 5) is 30.8. The van der Waals surface area contributed by atoms with Crippen molar-refractivity contribution in [3.63, 3.8) is 0 Å². The zero-order chi connectivity index (χ0) is 24.4. The molecule has 0 saturated heterocycles. The number of nitrogens with zero attached hydrogens (tertiary/aromatic N) is 3. The van der Waals surface area contributed by atoms with Crippen LogP contribution in [-0.2, 0) is 24.9 Å². The zero-order valence-corrected chi connectivity index (χ0v) is 21.3. The molecule has 4 saturated carbocycles. The number of benzene rings is 1. The first kappa shape index (κ1) is 24.0. The lowest BCUT2D eigenvalue weighted by molar-refractivity contribution is -0.133. The van der Waals surface area contributed by atoms with Crippen LogP contribution in [0.25, 0.3) is 0 Å². The van der Waals surface area contributed by atoms with Crippen molar-refractivity contribution in [1.29, 1.82) is 0 Å². The highest BCUT2D eigenvalue weighted by Crippen LogP contribution is 2.55. The predicted octanol–water partition coefficient (Wildman–Crippen LogP) is 4.94. The average molecular weight is 477 g/mol. The van der Waals surface area contributed by atoms with Gasteiger partial charge < -0.3 is 19.7 Å². The number of rotatable bonds is 9. The number of hydrogen-bond acceptors (Lipinski definition) is 2. The van der Waals surface area contributed by atoms with Crippen LogP contribution in [0.15, 0.2) is 48.7 Å². The van der Waals surface area contributed by atoms with E-state index in [-0.39, 0.29) is 24.0 Å². The van der Waals surface area contributed by atoms with Gasteiger partial charge in [-0.3, -0.25) is 4.79 Å². The maximum absolute atomic E-state index is 13.6. The average Bonchev–Trinajstić information content (AvgIpc) is 3.22. The second kappa shape index (κ2) is 10.1. The second-order valence-corrected chi connectivity index (χ2v) is 11.4. The van der Waals surface area contributed by atoms with Crippen molar-refractivity contribution < 1.29 is 9.59 Å². The van der Waals surface area contributed by atoms with E-state index in [0.717, 1.165) is 54.7 Å². The second-order valence-electron chi connectivity index (χ2n) is 11.4. The zero-order valence-electron chi connectivity index (χ0n) is 21.3. The SMILES string of the molecule is CCCN(CC(=O)N(Cc1ccccc1)Cc1cccn1C)C(=O)NC12CC3CC(CC(C3)C1)C2. The van der Waals surface area contributed by atoms with Gasteiger partial charge in [0.1, 0.15) is 6.54 Å². The highest BCUT2D eigenvalue weighted by molar-refractivity contribution is 5.84. The van der Waals surface area contributed by atoms with Crippen molar-refractivity contribution in [2.24, 2.45) is 24.8 Å². The molecule has 6 rings (SSSR count). The Bertz CT molecular complexity index is 995. The maximum Gasteiger partial charge on any atom is 0.318 e. The summed E-state index contributed by atoms with van der Waals surface area (Å²) in [5, 5.41) is 3.47. The molecular weight excluding hydrogens is 436 g/mol. The van der Waals surface area contributed by atoms with Crippen molar-refractivity contribution in [1.82, 2.24) is 19.7 Å². The van der Waals surface area contributed by atoms with Gasteiger partial charge in [-0.15, -0.1) is 0 Å². The molecular formula is C29H40N4O2. The Balaban J connectivity index is 1.29. The summed E-state index contributed by atoms with van der Waals surface area (Å²) in [6.45, 7) is 3.83. The van der Waals surface area contributed by atoms with E-state index in [4.69, 9.17) is 0 Å². The molecule has 4 fully saturated rings. The number of aromatic nitrogens is 1. The molecule has 2 aromatic rings. The van der Waals surface area contributed by atoms with Gasteiger partial charge in [-0.1, -0.05) is 37.3 Å². The predicted molar refractivity (Wildman–Crippen MR) is 137 cm³/mol. The lowest BCUT2D eigenvalue weighted by atomic mass is 9.53. The summed E-state index contributed by atoms with van der Waals surface area (Å²) in [5.41, 5.74) is 2.12. The van der Waals surface area contributed by atoms with Crippen LogP contribution in [0.2, 0.25) is 0 Å². The van der Waals surface area contributed by atoms with Crippen LogP contribution in [-0.4, -0.2) is 44.9 Å². The van der Waals surface area contributed by atoms with E-state index in [2.05, 4.69) is 35.0 Å². The fourth-order valence-corrected chi connectivity index (χ4v) is 7.25. The Morgan fingerprint density at radius 3 is 2.17 bits per heavy atom. The fraction of sp³-hybridized carbons (Fsp3) is 0.586. The summed E-state index contributed by atoms with van der Waals surface area (Å²) in [6.07, 6.45) is 10.2. The first-order chi connectivity index (χ1) is 16.9. The normalized spacial score (nSPS) is 26.5. The molecule has 188 valence electrons. The monoisotopic (exact) mass is 476 g/mol. The van der Waals surface area contributed by atoms with Crippen LogP contribution >= 0.6 is 0 Å². The van der Waals surface area contributed by atoms with Crippen LogP contribution in [0.4, 0.5) is 4.79 Å². The fourth-order valence-electron chi connectivity index (χ4n) is 7.25. The first-order valence-electron chi connectivity index (χ1n) is 13.4. The number of nitrogens with one attached hydrogen (secondary N) is 1. The molecule has 3 amide bonds. The summed E-state index contributed by atoms with van der Waals surface area (Å²) < 4.78 is 2.05. The van der Waals surface area contributed by atoms with E-state index < -0.39 is 0 Å². The molecule has 1 heterocycles. The van der Waals surface area contributed by atoms with Crippen molar-refractivity contribution in [2.75, 3.05) is 13.1 Å². The Hall–Kier alpha value is -2.76. The number of carbonyl (C=O) groups is 2. The molecule has 1 aromatic heterocycles. The quantitative estimate of drug-likeness (QED) is 0.557. The van der Waals surface area contributed by atoms with Crippen molar-refractivity contribution in [3.8, 4) is 0 Å². The van der Waals surface area contributed by atoms with Crippen molar-refractivity contribution in [2.45, 2.75) is 70.5 Å². The van der Waals surface area contributed by atoms with E-state index in [0.29, 0.717) is 19.6 Å². The Morgan fingerprint density at radius 2 is 1.60 bits per heavy atom. The minimum absolute atomic E-state index is 0.0100. The van der Waals surface area contributed by atoms with Gasteiger partial charge in [0.25, 0.3) is 0 Å². The lowest BCUT2D eigenvalue weighted by Gasteiger charge is -2.57. The molecule has 6 heteroatoms. The summed E-state index contributed by atoms with van der Waals surface area (Å²) >= 11 is 0. The van der Waals surface area contributed by atoms with E-state index in [9.17, 15) is 9.59 Å². The van der Waals surface area contributed by atoms with E-state index in [1.807, 2.05) is 42.4 Å². The number of hydrogen-bond donors (Lipinski definition) is 1. The van der Waals surface area contributed by atoms with E-state index >= 15 is 0 Å². The van der Waals surface area contributed by atoms with Crippen molar-refractivity contribution in [3.05, 3.63) is 59.9 Å². The van der Waals surface area contributed by atoms with Gasteiger partial charge >= 0.3 is 6.03 Å². The van der Waals surface area contributed by atoms with Gasteiger partial charge in [-0.25, -0.2) is 4.79 Å². The van der Waals surface area contributed by atoms with Crippen molar-refractivity contribution >= 4 is 11.9 Å². The number of carbonyl (C=O) groups excluding carboxylic acids is 2. The summed E-state index contributed by atoms with van der Waals surface area (Å²) in [7, 11) is 2.00. The van der Waals surface area contributed by atoms with E-state index in [1.54, 1.807) is 4.90 Å². The third kappa shape index (κ3) is 5.41. The standard InChI is InChI=1S/C29H40N4O2/c1-3-11-32(28(35)30-29-16-23-13-24(17-29)15-25(14-23)18-29)21-27(34)33(19-22-8-5-4-6-9-22)20-26-10-7-12-31(26)2/h4-10,12,23-25H,3,11,13-21H2,1-2H3,(H,30,35). The third-order valence-electron chi connectivity index (χ3n) is 8.49.